The zero-order valence-corrected chi connectivity index (χ0v) is 11.9. The molecule has 1 rings (SSSR count). The van der Waals surface area contributed by atoms with Crippen molar-refractivity contribution in [2.75, 3.05) is 13.1 Å². The highest BCUT2D eigenvalue weighted by molar-refractivity contribution is 5.85. The van der Waals surface area contributed by atoms with Gasteiger partial charge in [0.2, 0.25) is 11.8 Å². The van der Waals surface area contributed by atoms with Crippen molar-refractivity contribution in [2.24, 2.45) is 5.92 Å². The smallest absolute Gasteiger partial charge is 0.239 e. The lowest BCUT2D eigenvalue weighted by Crippen LogP contribution is -2.43. The van der Waals surface area contributed by atoms with E-state index in [4.69, 9.17) is 0 Å². The quantitative estimate of drug-likeness (QED) is 0.787. The number of nitrogens with zero attached hydrogens (tertiary/aromatic N) is 1. The fourth-order valence-corrected chi connectivity index (χ4v) is 2.51. The molecule has 1 aliphatic rings. The van der Waals surface area contributed by atoms with Crippen molar-refractivity contribution in [2.45, 2.75) is 58.9 Å². The first-order valence-electron chi connectivity index (χ1n) is 7.10. The highest BCUT2D eigenvalue weighted by Gasteiger charge is 2.22. The van der Waals surface area contributed by atoms with E-state index in [2.05, 4.69) is 5.32 Å². The summed E-state index contributed by atoms with van der Waals surface area (Å²) < 4.78 is 0. The van der Waals surface area contributed by atoms with Gasteiger partial charge in [0.15, 0.2) is 0 Å². The average molecular weight is 254 g/mol. The van der Waals surface area contributed by atoms with Crippen LogP contribution < -0.4 is 5.32 Å². The van der Waals surface area contributed by atoms with Crippen LogP contribution in [-0.2, 0) is 9.59 Å². The number of carbonyl (C=O) groups excluding carboxylic acids is 2. The summed E-state index contributed by atoms with van der Waals surface area (Å²) in [5, 5.41) is 2.82. The summed E-state index contributed by atoms with van der Waals surface area (Å²) in [6, 6.07) is 0.126. The molecule has 1 N–H and O–H groups in total. The van der Waals surface area contributed by atoms with Crippen molar-refractivity contribution in [3.8, 4) is 0 Å². The predicted molar refractivity (Wildman–Crippen MR) is 72.1 cm³/mol. The topological polar surface area (TPSA) is 49.4 Å². The molecular weight excluding hydrogens is 228 g/mol. The highest BCUT2D eigenvalue weighted by Crippen LogP contribution is 2.27. The molecule has 0 radical (unpaired) electrons. The Balaban J connectivity index is 2.38. The van der Waals surface area contributed by atoms with E-state index in [0.29, 0.717) is 18.9 Å². The Labute approximate surface area is 110 Å². The molecule has 104 valence electrons. The molecule has 1 aliphatic carbocycles. The van der Waals surface area contributed by atoms with Gasteiger partial charge in [-0.3, -0.25) is 9.59 Å². The number of carbonyl (C=O) groups is 2. The number of nitrogens with one attached hydrogen (secondary N) is 1. The second-order valence-electron chi connectivity index (χ2n) is 5.48. The van der Waals surface area contributed by atoms with Gasteiger partial charge in [-0.1, -0.05) is 12.8 Å². The summed E-state index contributed by atoms with van der Waals surface area (Å²) in [5.74, 6) is 0.606. The van der Waals surface area contributed by atoms with Crippen LogP contribution in [0.2, 0.25) is 0 Å². The molecule has 4 heteroatoms. The summed E-state index contributed by atoms with van der Waals surface area (Å²) in [5.41, 5.74) is 0. The van der Waals surface area contributed by atoms with E-state index in [1.165, 1.54) is 25.7 Å². The second-order valence-corrected chi connectivity index (χ2v) is 5.48. The Morgan fingerprint density at radius 3 is 2.39 bits per heavy atom. The fraction of sp³-hybridized carbons (Fsp3) is 0.857. The van der Waals surface area contributed by atoms with Crippen LogP contribution in [0.5, 0.6) is 0 Å². The maximum atomic E-state index is 12.1. The predicted octanol–water partition coefficient (Wildman–Crippen LogP) is 1.94. The van der Waals surface area contributed by atoms with Crippen molar-refractivity contribution < 1.29 is 9.59 Å². The lowest BCUT2D eigenvalue weighted by Gasteiger charge is -2.22. The molecule has 0 atom stereocenters. The monoisotopic (exact) mass is 254 g/mol. The molecule has 0 saturated heterocycles. The zero-order chi connectivity index (χ0) is 13.5. The van der Waals surface area contributed by atoms with E-state index in [0.717, 1.165) is 0 Å². The fourth-order valence-electron chi connectivity index (χ4n) is 2.51. The molecule has 2 amide bonds. The third-order valence-electron chi connectivity index (χ3n) is 3.46. The van der Waals surface area contributed by atoms with Gasteiger partial charge in [-0.05, 0) is 39.5 Å². The minimum atomic E-state index is -0.0633. The molecule has 0 aromatic carbocycles. The Morgan fingerprint density at radius 1 is 1.28 bits per heavy atom. The molecule has 0 heterocycles. The number of hydrogen-bond acceptors (Lipinski definition) is 2. The maximum Gasteiger partial charge on any atom is 0.239 e. The van der Waals surface area contributed by atoms with E-state index in [1.807, 2.05) is 20.8 Å². The summed E-state index contributed by atoms with van der Waals surface area (Å²) in [7, 11) is 0. The first-order valence-corrected chi connectivity index (χ1v) is 7.10. The van der Waals surface area contributed by atoms with Gasteiger partial charge < -0.3 is 10.2 Å². The van der Waals surface area contributed by atoms with Crippen LogP contribution >= 0.6 is 0 Å². The van der Waals surface area contributed by atoms with Gasteiger partial charge in [-0.25, -0.2) is 0 Å². The molecule has 18 heavy (non-hydrogen) atoms. The molecule has 0 spiro atoms. The van der Waals surface area contributed by atoms with Crippen LogP contribution in [0.25, 0.3) is 0 Å². The van der Waals surface area contributed by atoms with Crippen LogP contribution in [0.3, 0.4) is 0 Å². The molecule has 0 aromatic rings. The van der Waals surface area contributed by atoms with Gasteiger partial charge in [0, 0.05) is 19.0 Å². The number of amides is 2. The number of rotatable bonds is 6. The molecule has 0 bridgehead atoms. The van der Waals surface area contributed by atoms with Gasteiger partial charge in [0.25, 0.3) is 0 Å². The third kappa shape index (κ3) is 5.07. The normalized spacial score (nSPS) is 16.0. The van der Waals surface area contributed by atoms with Gasteiger partial charge in [0.1, 0.15) is 0 Å². The van der Waals surface area contributed by atoms with Crippen LogP contribution in [0.1, 0.15) is 52.9 Å². The van der Waals surface area contributed by atoms with Crippen LogP contribution in [0, 0.1) is 5.92 Å². The van der Waals surface area contributed by atoms with E-state index in [-0.39, 0.29) is 24.4 Å². The van der Waals surface area contributed by atoms with Gasteiger partial charge >= 0.3 is 0 Å². The average Bonchev–Trinajstić information content (AvgIpc) is 2.77. The molecule has 1 saturated carbocycles. The highest BCUT2D eigenvalue weighted by atomic mass is 16.2. The van der Waals surface area contributed by atoms with Crippen molar-refractivity contribution in [1.29, 1.82) is 0 Å². The Kier molecular flexibility index (Phi) is 6.16. The minimum absolute atomic E-state index is 0.0633. The molecular formula is C14H26N2O2. The Morgan fingerprint density at radius 2 is 1.89 bits per heavy atom. The van der Waals surface area contributed by atoms with Crippen molar-refractivity contribution in [1.82, 2.24) is 10.2 Å². The SMILES string of the molecule is CCN(CC(=O)NC(C)C)C(=O)CC1CCCC1. The number of hydrogen-bond donors (Lipinski definition) is 1. The number of likely N-dealkylation sites (N-methyl/N-ethyl adjacent to an activating group) is 1. The summed E-state index contributed by atoms with van der Waals surface area (Å²) in [6.45, 7) is 6.58. The molecule has 0 unspecified atom stereocenters. The molecule has 1 fully saturated rings. The Hall–Kier alpha value is -1.06. The lowest BCUT2D eigenvalue weighted by atomic mass is 10.0. The second kappa shape index (κ2) is 7.39. The third-order valence-corrected chi connectivity index (χ3v) is 3.46. The van der Waals surface area contributed by atoms with Crippen LogP contribution in [-0.4, -0.2) is 35.8 Å². The van der Waals surface area contributed by atoms with Crippen molar-refractivity contribution in [3.05, 3.63) is 0 Å². The first kappa shape index (κ1) is 15.0. The summed E-state index contributed by atoms with van der Waals surface area (Å²) >= 11 is 0. The molecule has 0 aromatic heterocycles. The van der Waals surface area contributed by atoms with Gasteiger partial charge in [-0.15, -0.1) is 0 Å². The van der Waals surface area contributed by atoms with Crippen LogP contribution in [0.15, 0.2) is 0 Å². The minimum Gasteiger partial charge on any atom is -0.352 e. The Bertz CT molecular complexity index is 284. The summed E-state index contributed by atoms with van der Waals surface area (Å²) in [4.78, 5) is 25.4. The van der Waals surface area contributed by atoms with Crippen molar-refractivity contribution >= 4 is 11.8 Å². The first-order chi connectivity index (χ1) is 8.52. The maximum absolute atomic E-state index is 12.1. The molecule has 0 aliphatic heterocycles. The van der Waals surface area contributed by atoms with E-state index < -0.39 is 0 Å². The molecule has 4 nitrogen and oxygen atoms in total. The van der Waals surface area contributed by atoms with E-state index in [1.54, 1.807) is 4.90 Å². The van der Waals surface area contributed by atoms with Gasteiger partial charge in [0.05, 0.1) is 6.54 Å². The van der Waals surface area contributed by atoms with E-state index >= 15 is 0 Å². The lowest BCUT2D eigenvalue weighted by molar-refractivity contribution is -0.136. The summed E-state index contributed by atoms with van der Waals surface area (Å²) in [6.07, 6.45) is 5.45. The zero-order valence-electron chi connectivity index (χ0n) is 11.9. The van der Waals surface area contributed by atoms with Crippen LogP contribution in [0.4, 0.5) is 0 Å². The standard InChI is InChI=1S/C14H26N2O2/c1-4-16(10-13(17)15-11(2)3)14(18)9-12-7-5-6-8-12/h11-12H,4-10H2,1-3H3,(H,15,17). The van der Waals surface area contributed by atoms with E-state index in [9.17, 15) is 9.59 Å². The van der Waals surface area contributed by atoms with Gasteiger partial charge in [-0.2, -0.15) is 0 Å². The van der Waals surface area contributed by atoms with Crippen molar-refractivity contribution in [3.63, 3.8) is 0 Å². The largest absolute Gasteiger partial charge is 0.352 e.